The van der Waals surface area contributed by atoms with E-state index in [1.54, 1.807) is 0 Å². The van der Waals surface area contributed by atoms with E-state index >= 15 is 0 Å². The lowest BCUT2D eigenvalue weighted by Crippen LogP contribution is -2.27. The fraction of sp³-hybridized carbons (Fsp3) is 1.00. The van der Waals surface area contributed by atoms with E-state index in [0.29, 0.717) is 19.5 Å². The van der Waals surface area contributed by atoms with E-state index in [2.05, 4.69) is 5.32 Å². The standard InChI is InChI=1S/C5H14N2O3S/c6-11(9,10)5-3-7-2-1-4-8/h7-8H,1-5H2,(H2,6,9,10). The third kappa shape index (κ3) is 9.83. The molecule has 0 fully saturated rings. The Balaban J connectivity index is 3.16. The van der Waals surface area contributed by atoms with Gasteiger partial charge >= 0.3 is 0 Å². The molecule has 0 aliphatic carbocycles. The summed E-state index contributed by atoms with van der Waals surface area (Å²) in [6, 6.07) is 0. The molecular formula is C5H14N2O3S. The number of nitrogens with two attached hydrogens (primary N) is 1. The van der Waals surface area contributed by atoms with Gasteiger partial charge in [0.25, 0.3) is 0 Å². The van der Waals surface area contributed by atoms with Crippen LogP contribution < -0.4 is 10.5 Å². The average molecular weight is 182 g/mol. The fourth-order valence-corrected chi connectivity index (χ4v) is 0.972. The molecule has 68 valence electrons. The zero-order valence-corrected chi connectivity index (χ0v) is 7.10. The van der Waals surface area contributed by atoms with Crippen LogP contribution in [0.1, 0.15) is 6.42 Å². The van der Waals surface area contributed by atoms with E-state index in [9.17, 15) is 8.42 Å². The predicted molar refractivity (Wildman–Crippen MR) is 42.5 cm³/mol. The van der Waals surface area contributed by atoms with Crippen LogP contribution in [-0.4, -0.2) is 39.0 Å². The molecule has 0 aliphatic rings. The molecule has 0 aromatic heterocycles. The first-order valence-electron chi connectivity index (χ1n) is 3.38. The van der Waals surface area contributed by atoms with Crippen LogP contribution in [0.2, 0.25) is 0 Å². The molecule has 11 heavy (non-hydrogen) atoms. The zero-order chi connectivity index (χ0) is 8.74. The Morgan fingerprint density at radius 1 is 1.36 bits per heavy atom. The van der Waals surface area contributed by atoms with Gasteiger partial charge in [0.15, 0.2) is 0 Å². The maximum atomic E-state index is 10.4. The van der Waals surface area contributed by atoms with Crippen LogP contribution in [-0.2, 0) is 10.0 Å². The predicted octanol–water partition coefficient (Wildman–Crippen LogP) is -1.75. The van der Waals surface area contributed by atoms with Crippen LogP contribution in [0.4, 0.5) is 0 Å². The van der Waals surface area contributed by atoms with Gasteiger partial charge in [-0.05, 0) is 13.0 Å². The second kappa shape index (κ2) is 5.48. The summed E-state index contributed by atoms with van der Waals surface area (Å²) < 4.78 is 20.7. The second-order valence-corrected chi connectivity index (χ2v) is 3.93. The Labute approximate surface area is 66.6 Å². The number of rotatable bonds is 6. The van der Waals surface area contributed by atoms with Gasteiger partial charge in [-0.15, -0.1) is 0 Å². The summed E-state index contributed by atoms with van der Waals surface area (Å²) >= 11 is 0. The normalized spacial score (nSPS) is 11.8. The fourth-order valence-electron chi connectivity index (χ4n) is 0.543. The Hall–Kier alpha value is -0.170. The number of aliphatic hydroxyl groups excluding tert-OH is 1. The topological polar surface area (TPSA) is 92.4 Å². The lowest BCUT2D eigenvalue weighted by Gasteiger charge is -2.00. The van der Waals surface area contributed by atoms with Crippen molar-refractivity contribution in [2.24, 2.45) is 5.14 Å². The van der Waals surface area contributed by atoms with Crippen LogP contribution in [0.15, 0.2) is 0 Å². The molecule has 0 amide bonds. The van der Waals surface area contributed by atoms with Gasteiger partial charge < -0.3 is 10.4 Å². The minimum Gasteiger partial charge on any atom is -0.396 e. The number of hydrogen-bond donors (Lipinski definition) is 3. The molecule has 0 saturated carbocycles. The molecule has 0 radical (unpaired) electrons. The first-order chi connectivity index (χ1) is 5.06. The molecule has 0 saturated heterocycles. The smallest absolute Gasteiger partial charge is 0.210 e. The van der Waals surface area contributed by atoms with E-state index in [0.717, 1.165) is 0 Å². The Morgan fingerprint density at radius 2 is 2.00 bits per heavy atom. The lowest BCUT2D eigenvalue weighted by molar-refractivity contribution is 0.286. The molecule has 0 aromatic rings. The highest BCUT2D eigenvalue weighted by molar-refractivity contribution is 7.89. The molecule has 0 bridgehead atoms. The van der Waals surface area contributed by atoms with Crippen molar-refractivity contribution in [2.75, 3.05) is 25.4 Å². The summed E-state index contributed by atoms with van der Waals surface area (Å²) in [6.45, 7) is 1.08. The summed E-state index contributed by atoms with van der Waals surface area (Å²) in [4.78, 5) is 0. The number of sulfonamides is 1. The quantitative estimate of drug-likeness (QED) is 0.425. The van der Waals surface area contributed by atoms with Crippen molar-refractivity contribution in [2.45, 2.75) is 6.42 Å². The van der Waals surface area contributed by atoms with E-state index in [1.165, 1.54) is 0 Å². The van der Waals surface area contributed by atoms with Gasteiger partial charge in [0.1, 0.15) is 0 Å². The highest BCUT2D eigenvalue weighted by atomic mass is 32.2. The molecule has 0 unspecified atom stereocenters. The van der Waals surface area contributed by atoms with Crippen LogP contribution in [0.3, 0.4) is 0 Å². The molecule has 0 aliphatic heterocycles. The summed E-state index contributed by atoms with van der Waals surface area (Å²) in [6.07, 6.45) is 0.630. The van der Waals surface area contributed by atoms with Gasteiger partial charge in [-0.2, -0.15) is 0 Å². The maximum absolute atomic E-state index is 10.4. The molecular weight excluding hydrogens is 168 g/mol. The first-order valence-corrected chi connectivity index (χ1v) is 5.10. The van der Waals surface area contributed by atoms with Crippen molar-refractivity contribution < 1.29 is 13.5 Å². The van der Waals surface area contributed by atoms with Gasteiger partial charge in [0.05, 0.1) is 5.75 Å². The molecule has 0 aromatic carbocycles. The Morgan fingerprint density at radius 3 is 2.45 bits per heavy atom. The molecule has 0 heterocycles. The summed E-state index contributed by atoms with van der Waals surface area (Å²) in [5, 5.41) is 15.9. The van der Waals surface area contributed by atoms with Crippen LogP contribution in [0, 0.1) is 0 Å². The SMILES string of the molecule is NS(=O)(=O)CCNCCCO. The van der Waals surface area contributed by atoms with Crippen LogP contribution in [0.25, 0.3) is 0 Å². The van der Waals surface area contributed by atoms with Gasteiger partial charge in [-0.25, -0.2) is 13.6 Å². The molecule has 0 spiro atoms. The van der Waals surface area contributed by atoms with Crippen LogP contribution >= 0.6 is 0 Å². The van der Waals surface area contributed by atoms with Crippen molar-refractivity contribution in [3.63, 3.8) is 0 Å². The lowest BCUT2D eigenvalue weighted by atomic mass is 10.4. The monoisotopic (exact) mass is 182 g/mol. The molecule has 0 atom stereocenters. The third-order valence-corrected chi connectivity index (χ3v) is 1.85. The Bertz CT molecular complexity index is 178. The second-order valence-electron chi connectivity index (χ2n) is 2.19. The highest BCUT2D eigenvalue weighted by Crippen LogP contribution is 1.75. The van der Waals surface area contributed by atoms with E-state index in [1.807, 2.05) is 0 Å². The van der Waals surface area contributed by atoms with E-state index in [4.69, 9.17) is 10.2 Å². The summed E-state index contributed by atoms with van der Waals surface area (Å²) in [5.41, 5.74) is 0. The molecule has 5 nitrogen and oxygen atoms in total. The van der Waals surface area contributed by atoms with Gasteiger partial charge in [0, 0.05) is 13.2 Å². The van der Waals surface area contributed by atoms with E-state index in [-0.39, 0.29) is 12.4 Å². The summed E-state index contributed by atoms with van der Waals surface area (Å²) in [5.74, 6) is -0.0571. The number of aliphatic hydroxyl groups is 1. The zero-order valence-electron chi connectivity index (χ0n) is 6.28. The van der Waals surface area contributed by atoms with Gasteiger partial charge in [-0.1, -0.05) is 0 Å². The van der Waals surface area contributed by atoms with Gasteiger partial charge in [-0.3, -0.25) is 0 Å². The highest BCUT2D eigenvalue weighted by Gasteiger charge is 1.99. The van der Waals surface area contributed by atoms with E-state index < -0.39 is 10.0 Å². The van der Waals surface area contributed by atoms with Gasteiger partial charge in [0.2, 0.25) is 10.0 Å². The summed E-state index contributed by atoms with van der Waals surface area (Å²) in [7, 11) is -3.34. The average Bonchev–Trinajstić information content (AvgIpc) is 1.85. The van der Waals surface area contributed by atoms with Crippen molar-refractivity contribution in [1.82, 2.24) is 5.32 Å². The Kier molecular flexibility index (Phi) is 5.39. The molecule has 6 heteroatoms. The largest absolute Gasteiger partial charge is 0.396 e. The van der Waals surface area contributed by atoms with Crippen molar-refractivity contribution >= 4 is 10.0 Å². The molecule has 4 N–H and O–H groups in total. The van der Waals surface area contributed by atoms with Crippen molar-refractivity contribution in [3.05, 3.63) is 0 Å². The van der Waals surface area contributed by atoms with Crippen molar-refractivity contribution in [3.8, 4) is 0 Å². The minimum atomic E-state index is -3.34. The first kappa shape index (κ1) is 10.8. The molecule has 0 rings (SSSR count). The minimum absolute atomic E-state index is 0.0571. The third-order valence-electron chi connectivity index (χ3n) is 1.08. The number of nitrogens with one attached hydrogen (secondary N) is 1. The maximum Gasteiger partial charge on any atom is 0.210 e. The number of hydrogen-bond acceptors (Lipinski definition) is 4. The van der Waals surface area contributed by atoms with Crippen LogP contribution in [0.5, 0.6) is 0 Å². The number of primary sulfonamides is 1. The van der Waals surface area contributed by atoms with Crippen molar-refractivity contribution in [1.29, 1.82) is 0 Å².